The Kier molecular flexibility index (Phi) is 3.80. The average Bonchev–Trinajstić information content (AvgIpc) is 3.22. The SMILES string of the molecule is O=C(NCc1ccccc1CO)c1scnc1C1CC1. The molecule has 5 heteroatoms. The molecule has 0 aliphatic heterocycles. The van der Waals surface area contributed by atoms with Gasteiger partial charge in [-0.05, 0) is 24.0 Å². The van der Waals surface area contributed by atoms with Crippen LogP contribution in [0.5, 0.6) is 0 Å². The van der Waals surface area contributed by atoms with Gasteiger partial charge in [0.25, 0.3) is 5.91 Å². The molecule has 1 saturated carbocycles. The molecule has 0 spiro atoms. The van der Waals surface area contributed by atoms with Crippen molar-refractivity contribution < 1.29 is 9.90 Å². The lowest BCUT2D eigenvalue weighted by Crippen LogP contribution is -2.23. The van der Waals surface area contributed by atoms with Crippen LogP contribution in [-0.2, 0) is 13.2 Å². The third kappa shape index (κ3) is 2.73. The minimum atomic E-state index is -0.0675. The zero-order valence-corrected chi connectivity index (χ0v) is 11.8. The molecule has 4 nitrogen and oxygen atoms in total. The van der Waals surface area contributed by atoms with Crippen LogP contribution in [-0.4, -0.2) is 16.0 Å². The maximum absolute atomic E-state index is 12.2. The average molecular weight is 288 g/mol. The van der Waals surface area contributed by atoms with Crippen LogP contribution in [0.1, 0.15) is 45.3 Å². The monoisotopic (exact) mass is 288 g/mol. The summed E-state index contributed by atoms with van der Waals surface area (Å²) < 4.78 is 0. The van der Waals surface area contributed by atoms with Crippen LogP contribution in [0, 0.1) is 0 Å². The van der Waals surface area contributed by atoms with Gasteiger partial charge in [0, 0.05) is 12.5 Å². The number of nitrogens with one attached hydrogen (secondary N) is 1. The summed E-state index contributed by atoms with van der Waals surface area (Å²) in [5.41, 5.74) is 4.48. The molecule has 1 aliphatic rings. The van der Waals surface area contributed by atoms with Crippen molar-refractivity contribution in [3.05, 3.63) is 51.5 Å². The maximum atomic E-state index is 12.2. The summed E-state index contributed by atoms with van der Waals surface area (Å²) in [6.45, 7) is 0.414. The predicted molar refractivity (Wildman–Crippen MR) is 77.6 cm³/mol. The summed E-state index contributed by atoms with van der Waals surface area (Å²) >= 11 is 1.40. The zero-order chi connectivity index (χ0) is 13.9. The van der Waals surface area contributed by atoms with Gasteiger partial charge in [0.1, 0.15) is 4.88 Å². The zero-order valence-electron chi connectivity index (χ0n) is 11.0. The van der Waals surface area contributed by atoms with Crippen LogP contribution in [0.3, 0.4) is 0 Å². The Labute approximate surface area is 121 Å². The lowest BCUT2D eigenvalue weighted by atomic mass is 10.1. The molecule has 0 unspecified atom stereocenters. The van der Waals surface area contributed by atoms with E-state index in [1.165, 1.54) is 11.3 Å². The first-order chi connectivity index (χ1) is 9.79. The highest BCUT2D eigenvalue weighted by Crippen LogP contribution is 2.41. The minimum Gasteiger partial charge on any atom is -0.392 e. The standard InChI is InChI=1S/C15H16N2O2S/c18-8-12-4-2-1-3-11(12)7-16-15(19)14-13(10-5-6-10)17-9-20-14/h1-4,9-10,18H,5-8H2,(H,16,19). The van der Waals surface area contributed by atoms with Crippen molar-refractivity contribution >= 4 is 17.2 Å². The molecular weight excluding hydrogens is 272 g/mol. The van der Waals surface area contributed by atoms with E-state index < -0.39 is 0 Å². The lowest BCUT2D eigenvalue weighted by Gasteiger charge is -2.08. The number of nitrogens with zero attached hydrogens (tertiary/aromatic N) is 1. The van der Waals surface area contributed by atoms with Gasteiger partial charge in [0.05, 0.1) is 17.8 Å². The third-order valence-electron chi connectivity index (χ3n) is 3.49. The van der Waals surface area contributed by atoms with Crippen LogP contribution in [0.15, 0.2) is 29.8 Å². The van der Waals surface area contributed by atoms with Crippen LogP contribution in [0.2, 0.25) is 0 Å². The maximum Gasteiger partial charge on any atom is 0.263 e. The summed E-state index contributed by atoms with van der Waals surface area (Å²) in [5.74, 6) is 0.411. The number of rotatable bonds is 5. The van der Waals surface area contributed by atoms with E-state index in [-0.39, 0.29) is 12.5 Å². The quantitative estimate of drug-likeness (QED) is 0.888. The van der Waals surface area contributed by atoms with E-state index >= 15 is 0 Å². The highest BCUT2D eigenvalue weighted by atomic mass is 32.1. The summed E-state index contributed by atoms with van der Waals surface area (Å²) in [5, 5.41) is 12.2. The number of thiazole rings is 1. The van der Waals surface area contributed by atoms with Crippen LogP contribution in [0.4, 0.5) is 0 Å². The van der Waals surface area contributed by atoms with E-state index in [0.717, 1.165) is 34.5 Å². The highest BCUT2D eigenvalue weighted by molar-refractivity contribution is 7.11. The molecular formula is C15H16N2O2S. The number of hydrogen-bond acceptors (Lipinski definition) is 4. The number of carbonyl (C=O) groups is 1. The third-order valence-corrected chi connectivity index (χ3v) is 4.33. The predicted octanol–water partition coefficient (Wildman–Crippen LogP) is 2.44. The molecule has 1 heterocycles. The van der Waals surface area contributed by atoms with Crippen molar-refractivity contribution in [2.75, 3.05) is 0 Å². The fourth-order valence-corrected chi connectivity index (χ4v) is 3.00. The Balaban J connectivity index is 1.68. The van der Waals surface area contributed by atoms with Crippen molar-refractivity contribution in [1.29, 1.82) is 0 Å². The van der Waals surface area contributed by atoms with Crippen LogP contribution >= 0.6 is 11.3 Å². The van der Waals surface area contributed by atoms with Crippen LogP contribution in [0.25, 0.3) is 0 Å². The van der Waals surface area contributed by atoms with E-state index in [1.807, 2.05) is 24.3 Å². The molecule has 2 N–H and O–H groups in total. The van der Waals surface area contributed by atoms with E-state index in [1.54, 1.807) is 5.51 Å². The number of aliphatic hydroxyl groups is 1. The Morgan fingerprint density at radius 2 is 2.10 bits per heavy atom. The van der Waals surface area contributed by atoms with E-state index in [9.17, 15) is 9.90 Å². The van der Waals surface area contributed by atoms with Gasteiger partial charge in [-0.2, -0.15) is 0 Å². The molecule has 0 radical (unpaired) electrons. The number of aliphatic hydroxyl groups excluding tert-OH is 1. The minimum absolute atomic E-state index is 0.0140. The molecule has 1 amide bonds. The lowest BCUT2D eigenvalue weighted by molar-refractivity contribution is 0.0953. The number of hydrogen-bond donors (Lipinski definition) is 2. The molecule has 1 fully saturated rings. The van der Waals surface area contributed by atoms with Crippen molar-refractivity contribution in [3.63, 3.8) is 0 Å². The second-order valence-electron chi connectivity index (χ2n) is 4.95. The van der Waals surface area contributed by atoms with Gasteiger partial charge in [0.2, 0.25) is 0 Å². The molecule has 0 saturated heterocycles. The normalized spacial score (nSPS) is 14.2. The molecule has 1 aromatic carbocycles. The van der Waals surface area contributed by atoms with Gasteiger partial charge in [-0.15, -0.1) is 11.3 Å². The van der Waals surface area contributed by atoms with Crippen molar-refractivity contribution in [3.8, 4) is 0 Å². The summed E-state index contributed by atoms with van der Waals surface area (Å²) in [6, 6.07) is 7.57. The summed E-state index contributed by atoms with van der Waals surface area (Å²) in [4.78, 5) is 17.3. The highest BCUT2D eigenvalue weighted by Gasteiger charge is 2.30. The van der Waals surface area contributed by atoms with Crippen molar-refractivity contribution in [2.24, 2.45) is 0 Å². The molecule has 1 aromatic heterocycles. The van der Waals surface area contributed by atoms with Gasteiger partial charge in [-0.25, -0.2) is 4.98 Å². The van der Waals surface area contributed by atoms with Crippen molar-refractivity contribution in [2.45, 2.75) is 31.9 Å². The van der Waals surface area contributed by atoms with E-state index in [0.29, 0.717) is 12.5 Å². The smallest absolute Gasteiger partial charge is 0.263 e. The fourth-order valence-electron chi connectivity index (χ4n) is 2.21. The largest absolute Gasteiger partial charge is 0.392 e. The first-order valence-electron chi connectivity index (χ1n) is 6.69. The molecule has 3 rings (SSSR count). The Hall–Kier alpha value is -1.72. The number of carbonyl (C=O) groups excluding carboxylic acids is 1. The Morgan fingerprint density at radius 1 is 1.35 bits per heavy atom. The summed E-state index contributed by atoms with van der Waals surface area (Å²) in [7, 11) is 0. The molecule has 20 heavy (non-hydrogen) atoms. The number of amides is 1. The molecule has 0 bridgehead atoms. The Bertz CT molecular complexity index is 620. The van der Waals surface area contributed by atoms with Crippen molar-refractivity contribution in [1.82, 2.24) is 10.3 Å². The van der Waals surface area contributed by atoms with Gasteiger partial charge in [-0.1, -0.05) is 24.3 Å². The van der Waals surface area contributed by atoms with E-state index in [2.05, 4.69) is 10.3 Å². The second kappa shape index (κ2) is 5.73. The molecule has 104 valence electrons. The topological polar surface area (TPSA) is 62.2 Å². The van der Waals surface area contributed by atoms with Gasteiger partial charge < -0.3 is 10.4 Å². The molecule has 0 atom stereocenters. The number of aromatic nitrogens is 1. The molecule has 1 aliphatic carbocycles. The van der Waals surface area contributed by atoms with Gasteiger partial charge >= 0.3 is 0 Å². The van der Waals surface area contributed by atoms with Gasteiger partial charge in [-0.3, -0.25) is 4.79 Å². The Morgan fingerprint density at radius 3 is 2.80 bits per heavy atom. The number of benzene rings is 1. The van der Waals surface area contributed by atoms with E-state index in [4.69, 9.17) is 0 Å². The first-order valence-corrected chi connectivity index (χ1v) is 7.56. The molecule has 2 aromatic rings. The first kappa shape index (κ1) is 13.3. The van der Waals surface area contributed by atoms with Crippen LogP contribution < -0.4 is 5.32 Å². The fraction of sp³-hybridized carbons (Fsp3) is 0.333. The second-order valence-corrected chi connectivity index (χ2v) is 5.81. The summed E-state index contributed by atoms with van der Waals surface area (Å²) in [6.07, 6.45) is 2.27. The van der Waals surface area contributed by atoms with Gasteiger partial charge in [0.15, 0.2) is 0 Å².